The monoisotopic (exact) mass is 349 g/mol. The fourth-order valence-electron chi connectivity index (χ4n) is 2.53. The first-order valence-corrected chi connectivity index (χ1v) is 8.20. The molecule has 0 fully saturated rings. The number of rotatable bonds is 7. The van der Waals surface area contributed by atoms with Crippen LogP contribution in [0.15, 0.2) is 22.7 Å². The topological polar surface area (TPSA) is 95.6 Å². The van der Waals surface area contributed by atoms with Crippen molar-refractivity contribution in [2.45, 2.75) is 32.9 Å². The van der Waals surface area contributed by atoms with Gasteiger partial charge in [-0.3, -0.25) is 10.00 Å². The highest BCUT2D eigenvalue weighted by atomic mass is 16.3. The van der Waals surface area contributed by atoms with E-state index < -0.39 is 11.6 Å². The molecule has 0 bridgehead atoms. The minimum atomic E-state index is -1.22. The maximum atomic E-state index is 12.0. The second kappa shape index (κ2) is 7.71. The molecule has 0 radical (unpaired) electrons. The molecule has 2 amide bonds. The summed E-state index contributed by atoms with van der Waals surface area (Å²) < 4.78 is 7.21. The summed E-state index contributed by atoms with van der Waals surface area (Å²) in [7, 11) is 3.98. The minimum absolute atomic E-state index is 0.0555. The lowest BCUT2D eigenvalue weighted by Gasteiger charge is -2.23. The number of hydrogen-bond acceptors (Lipinski definition) is 5. The van der Waals surface area contributed by atoms with Crippen LogP contribution in [0.3, 0.4) is 0 Å². The summed E-state index contributed by atoms with van der Waals surface area (Å²) in [6.45, 7) is 6.90. The average molecular weight is 349 g/mol. The molecular formula is C17H27N5O3. The number of aliphatic hydroxyl groups is 1. The van der Waals surface area contributed by atoms with Crippen molar-refractivity contribution in [1.82, 2.24) is 20.0 Å². The number of furan rings is 1. The van der Waals surface area contributed by atoms with E-state index in [9.17, 15) is 9.90 Å². The number of aryl methyl sites for hydroxylation is 2. The van der Waals surface area contributed by atoms with E-state index in [1.54, 1.807) is 30.7 Å². The van der Waals surface area contributed by atoms with Crippen LogP contribution in [0, 0.1) is 13.8 Å². The van der Waals surface area contributed by atoms with Gasteiger partial charge in [0.1, 0.15) is 17.1 Å². The molecule has 0 spiro atoms. The van der Waals surface area contributed by atoms with E-state index in [1.165, 1.54) is 0 Å². The summed E-state index contributed by atoms with van der Waals surface area (Å²) in [6.07, 6.45) is 1.81. The Morgan fingerprint density at radius 1 is 1.44 bits per heavy atom. The normalized spacial score (nSPS) is 13.7. The van der Waals surface area contributed by atoms with Gasteiger partial charge in [0.05, 0.1) is 13.1 Å². The highest BCUT2D eigenvalue weighted by molar-refractivity contribution is 5.88. The van der Waals surface area contributed by atoms with Crippen LogP contribution in [-0.2, 0) is 12.1 Å². The molecule has 2 aromatic rings. The Balaban J connectivity index is 1.87. The van der Waals surface area contributed by atoms with Gasteiger partial charge in [0.15, 0.2) is 5.82 Å². The zero-order valence-electron chi connectivity index (χ0n) is 15.5. The van der Waals surface area contributed by atoms with Crippen LogP contribution in [0.4, 0.5) is 10.6 Å². The second-order valence-electron chi connectivity index (χ2n) is 6.68. The number of carbonyl (C=O) groups is 1. The summed E-state index contributed by atoms with van der Waals surface area (Å²) in [5.74, 6) is 1.83. The number of anilines is 1. The molecular weight excluding hydrogens is 322 g/mol. The molecule has 3 N–H and O–H groups in total. The average Bonchev–Trinajstić information content (AvgIpc) is 3.09. The number of amides is 2. The predicted octanol–water partition coefficient (Wildman–Crippen LogP) is 1.68. The lowest BCUT2D eigenvalue weighted by Crippen LogP contribution is -2.40. The maximum Gasteiger partial charge on any atom is 0.320 e. The number of hydrogen-bond donors (Lipinski definition) is 3. The molecule has 0 aliphatic heterocycles. The van der Waals surface area contributed by atoms with E-state index in [0.717, 1.165) is 18.8 Å². The molecule has 0 saturated carbocycles. The highest BCUT2D eigenvalue weighted by Crippen LogP contribution is 2.26. The first-order valence-electron chi connectivity index (χ1n) is 8.20. The van der Waals surface area contributed by atoms with Crippen molar-refractivity contribution in [1.29, 1.82) is 0 Å². The lowest BCUT2D eigenvalue weighted by atomic mass is 9.96. The molecule has 2 aromatic heterocycles. The van der Waals surface area contributed by atoms with Gasteiger partial charge in [-0.05, 0) is 40.9 Å². The van der Waals surface area contributed by atoms with Crippen molar-refractivity contribution >= 4 is 11.8 Å². The Labute approximate surface area is 147 Å². The summed E-state index contributed by atoms with van der Waals surface area (Å²) in [4.78, 5) is 14.1. The third-order valence-corrected chi connectivity index (χ3v) is 3.87. The number of nitrogens with zero attached hydrogens (tertiary/aromatic N) is 3. The Bertz CT molecular complexity index is 718. The van der Waals surface area contributed by atoms with Crippen LogP contribution in [0.2, 0.25) is 0 Å². The van der Waals surface area contributed by atoms with Gasteiger partial charge in [-0.1, -0.05) is 0 Å². The van der Waals surface area contributed by atoms with Crippen molar-refractivity contribution in [2.24, 2.45) is 0 Å². The Hall–Kier alpha value is -2.32. The number of carbonyl (C=O) groups excluding carboxylic acids is 1. The predicted molar refractivity (Wildman–Crippen MR) is 95.6 cm³/mol. The highest BCUT2D eigenvalue weighted by Gasteiger charge is 2.28. The van der Waals surface area contributed by atoms with Crippen molar-refractivity contribution in [3.63, 3.8) is 0 Å². The van der Waals surface area contributed by atoms with Crippen LogP contribution in [-0.4, -0.2) is 53.0 Å². The standard InChI is InChI=1S/C17H27N5O3/c1-12-10-14(13(2)25-12)17(3,24)11-18-16(23)19-15-6-7-22(20-15)9-8-21(4)5/h6-7,10,24H,8-9,11H2,1-5H3,(H2,18,19,20,23). The van der Waals surface area contributed by atoms with Gasteiger partial charge in [0.25, 0.3) is 0 Å². The molecule has 138 valence electrons. The number of likely N-dealkylation sites (N-methyl/N-ethyl adjacent to an activating group) is 1. The summed E-state index contributed by atoms with van der Waals surface area (Å²) in [6, 6.07) is 3.09. The van der Waals surface area contributed by atoms with Crippen LogP contribution < -0.4 is 10.6 Å². The van der Waals surface area contributed by atoms with Gasteiger partial charge in [0, 0.05) is 24.4 Å². The van der Waals surface area contributed by atoms with Crippen LogP contribution in [0.5, 0.6) is 0 Å². The van der Waals surface area contributed by atoms with E-state index in [0.29, 0.717) is 17.1 Å². The van der Waals surface area contributed by atoms with Gasteiger partial charge >= 0.3 is 6.03 Å². The van der Waals surface area contributed by atoms with Crippen LogP contribution in [0.25, 0.3) is 0 Å². The summed E-state index contributed by atoms with van der Waals surface area (Å²) in [5.41, 5.74) is -0.553. The van der Waals surface area contributed by atoms with Crippen molar-refractivity contribution in [3.05, 3.63) is 35.4 Å². The first-order chi connectivity index (χ1) is 11.7. The first kappa shape index (κ1) is 19.0. The summed E-state index contributed by atoms with van der Waals surface area (Å²) in [5, 5.41) is 20.2. The van der Waals surface area contributed by atoms with Crippen molar-refractivity contribution < 1.29 is 14.3 Å². The fraction of sp³-hybridized carbons (Fsp3) is 0.529. The molecule has 8 nitrogen and oxygen atoms in total. The third kappa shape index (κ3) is 5.33. The van der Waals surface area contributed by atoms with Gasteiger partial charge in [-0.25, -0.2) is 4.79 Å². The van der Waals surface area contributed by atoms with E-state index in [4.69, 9.17) is 4.42 Å². The molecule has 1 unspecified atom stereocenters. The zero-order valence-corrected chi connectivity index (χ0v) is 15.5. The molecule has 1 atom stereocenters. The quantitative estimate of drug-likeness (QED) is 0.707. The third-order valence-electron chi connectivity index (χ3n) is 3.87. The molecule has 0 aliphatic rings. The number of aromatic nitrogens is 2. The Kier molecular flexibility index (Phi) is 5.86. The lowest BCUT2D eigenvalue weighted by molar-refractivity contribution is 0.0584. The number of urea groups is 1. The Morgan fingerprint density at radius 2 is 2.16 bits per heavy atom. The molecule has 2 rings (SSSR count). The SMILES string of the molecule is Cc1cc(C(C)(O)CNC(=O)Nc2ccn(CCN(C)C)n2)c(C)o1. The van der Waals surface area contributed by atoms with Gasteiger partial charge in [0.2, 0.25) is 0 Å². The van der Waals surface area contributed by atoms with E-state index in [2.05, 4.69) is 20.6 Å². The van der Waals surface area contributed by atoms with Gasteiger partial charge < -0.3 is 19.7 Å². The largest absolute Gasteiger partial charge is 0.466 e. The molecule has 0 saturated heterocycles. The Morgan fingerprint density at radius 3 is 2.76 bits per heavy atom. The minimum Gasteiger partial charge on any atom is -0.466 e. The van der Waals surface area contributed by atoms with Crippen molar-refractivity contribution in [2.75, 3.05) is 32.5 Å². The number of nitrogens with one attached hydrogen (secondary N) is 2. The maximum absolute atomic E-state index is 12.0. The molecule has 0 aliphatic carbocycles. The van der Waals surface area contributed by atoms with Gasteiger partial charge in [-0.15, -0.1) is 0 Å². The van der Waals surface area contributed by atoms with E-state index in [1.807, 2.05) is 27.2 Å². The molecule has 0 aromatic carbocycles. The second-order valence-corrected chi connectivity index (χ2v) is 6.68. The molecule has 25 heavy (non-hydrogen) atoms. The zero-order chi connectivity index (χ0) is 18.6. The van der Waals surface area contributed by atoms with Crippen LogP contribution >= 0.6 is 0 Å². The summed E-state index contributed by atoms with van der Waals surface area (Å²) >= 11 is 0. The molecule has 2 heterocycles. The van der Waals surface area contributed by atoms with Gasteiger partial charge in [-0.2, -0.15) is 5.10 Å². The van der Waals surface area contributed by atoms with Crippen LogP contribution in [0.1, 0.15) is 24.0 Å². The van der Waals surface area contributed by atoms with Crippen molar-refractivity contribution in [3.8, 4) is 0 Å². The smallest absolute Gasteiger partial charge is 0.320 e. The molecule has 8 heteroatoms. The van der Waals surface area contributed by atoms with E-state index >= 15 is 0 Å². The van der Waals surface area contributed by atoms with E-state index in [-0.39, 0.29) is 6.54 Å². The fourth-order valence-corrected chi connectivity index (χ4v) is 2.53.